The van der Waals surface area contributed by atoms with Crippen LogP contribution in [0.2, 0.25) is 0 Å². The third kappa shape index (κ3) is 5.70. The van der Waals surface area contributed by atoms with Crippen molar-refractivity contribution >= 4 is 17.5 Å². The van der Waals surface area contributed by atoms with Crippen molar-refractivity contribution in [2.45, 2.75) is 33.3 Å². The fourth-order valence-corrected chi connectivity index (χ4v) is 2.20. The van der Waals surface area contributed by atoms with Gasteiger partial charge in [0.15, 0.2) is 0 Å². The Morgan fingerprint density at radius 2 is 1.96 bits per heavy atom. The Morgan fingerprint density at radius 3 is 2.71 bits per heavy atom. The van der Waals surface area contributed by atoms with Gasteiger partial charge in [-0.25, -0.2) is 4.98 Å². The summed E-state index contributed by atoms with van der Waals surface area (Å²) in [5, 5.41) is 6.54. The minimum absolute atomic E-state index is 0.101. The predicted molar refractivity (Wildman–Crippen MR) is 97.2 cm³/mol. The molecule has 1 aromatic carbocycles. The van der Waals surface area contributed by atoms with E-state index in [1.54, 1.807) is 7.11 Å². The zero-order valence-corrected chi connectivity index (χ0v) is 14.8. The van der Waals surface area contributed by atoms with Crippen molar-refractivity contribution in [2.75, 3.05) is 30.9 Å². The van der Waals surface area contributed by atoms with Gasteiger partial charge in [0, 0.05) is 32.0 Å². The van der Waals surface area contributed by atoms with Crippen molar-refractivity contribution in [3.8, 4) is 5.75 Å². The van der Waals surface area contributed by atoms with E-state index in [4.69, 9.17) is 9.47 Å². The van der Waals surface area contributed by atoms with E-state index in [0.29, 0.717) is 5.95 Å². The van der Waals surface area contributed by atoms with Crippen molar-refractivity contribution in [2.24, 2.45) is 0 Å². The number of aryl methyl sites for hydroxylation is 1. The molecular weight excluding hydrogens is 304 g/mol. The van der Waals surface area contributed by atoms with Crippen LogP contribution in [0, 0.1) is 6.92 Å². The Balaban J connectivity index is 2.11. The van der Waals surface area contributed by atoms with Crippen LogP contribution in [0.3, 0.4) is 0 Å². The van der Waals surface area contributed by atoms with Crippen molar-refractivity contribution in [3.05, 3.63) is 36.0 Å². The topological polar surface area (TPSA) is 68.3 Å². The summed E-state index contributed by atoms with van der Waals surface area (Å²) in [7, 11) is 1.70. The summed E-state index contributed by atoms with van der Waals surface area (Å²) < 4.78 is 10.9. The minimum Gasteiger partial charge on any atom is -0.489 e. The first kappa shape index (κ1) is 18.0. The SMILES string of the molecule is COCCCNc1cc(C)nc(Nc2ccccc2OC(C)C)n1. The first-order valence-electron chi connectivity index (χ1n) is 8.19. The zero-order valence-electron chi connectivity index (χ0n) is 14.8. The van der Waals surface area contributed by atoms with E-state index in [2.05, 4.69) is 20.6 Å². The number of methoxy groups -OCH3 is 1. The number of para-hydroxylation sites is 2. The van der Waals surface area contributed by atoms with Gasteiger partial charge in [0.2, 0.25) is 5.95 Å². The van der Waals surface area contributed by atoms with Gasteiger partial charge in [-0.15, -0.1) is 0 Å². The number of rotatable bonds is 9. The molecule has 130 valence electrons. The maximum Gasteiger partial charge on any atom is 0.229 e. The Kier molecular flexibility index (Phi) is 6.81. The maximum atomic E-state index is 5.82. The standard InChI is InChI=1S/C18H26N4O2/c1-13(2)24-16-9-6-5-8-15(16)21-18-20-14(3)12-17(22-18)19-10-7-11-23-4/h5-6,8-9,12-13H,7,10-11H2,1-4H3,(H2,19,20,21,22). The van der Waals surface area contributed by atoms with Gasteiger partial charge < -0.3 is 20.1 Å². The molecule has 1 heterocycles. The average molecular weight is 330 g/mol. The van der Waals surface area contributed by atoms with Crippen LogP contribution in [0.15, 0.2) is 30.3 Å². The van der Waals surface area contributed by atoms with Crippen LogP contribution >= 0.6 is 0 Å². The van der Waals surface area contributed by atoms with Crippen LogP contribution in [0.5, 0.6) is 5.75 Å². The molecule has 0 saturated carbocycles. The van der Waals surface area contributed by atoms with E-state index < -0.39 is 0 Å². The second kappa shape index (κ2) is 9.08. The summed E-state index contributed by atoms with van der Waals surface area (Å²) >= 11 is 0. The number of hydrogen-bond donors (Lipinski definition) is 2. The van der Waals surface area contributed by atoms with Crippen molar-refractivity contribution in [1.82, 2.24) is 9.97 Å². The summed E-state index contributed by atoms with van der Waals surface area (Å²) in [5.74, 6) is 2.12. The number of hydrogen-bond acceptors (Lipinski definition) is 6. The molecule has 0 spiro atoms. The summed E-state index contributed by atoms with van der Waals surface area (Å²) in [4.78, 5) is 8.97. The lowest BCUT2D eigenvalue weighted by Crippen LogP contribution is -2.10. The Labute approximate surface area is 143 Å². The molecule has 0 aliphatic heterocycles. The lowest BCUT2D eigenvalue weighted by atomic mass is 10.3. The second-order valence-corrected chi connectivity index (χ2v) is 5.78. The van der Waals surface area contributed by atoms with Gasteiger partial charge >= 0.3 is 0 Å². The molecule has 0 fully saturated rings. The molecule has 24 heavy (non-hydrogen) atoms. The number of anilines is 3. The molecule has 0 atom stereocenters. The Morgan fingerprint density at radius 1 is 1.17 bits per heavy atom. The second-order valence-electron chi connectivity index (χ2n) is 5.78. The van der Waals surface area contributed by atoms with Gasteiger partial charge in [-0.2, -0.15) is 4.98 Å². The summed E-state index contributed by atoms with van der Waals surface area (Å²) in [6.07, 6.45) is 1.03. The van der Waals surface area contributed by atoms with E-state index in [9.17, 15) is 0 Å². The highest BCUT2D eigenvalue weighted by Gasteiger charge is 2.08. The molecule has 2 rings (SSSR count). The smallest absolute Gasteiger partial charge is 0.229 e. The molecule has 1 aromatic heterocycles. The molecule has 2 aromatic rings. The van der Waals surface area contributed by atoms with Crippen LogP contribution in [-0.2, 0) is 4.74 Å². The number of nitrogens with one attached hydrogen (secondary N) is 2. The Hall–Kier alpha value is -2.34. The largest absolute Gasteiger partial charge is 0.489 e. The molecule has 0 saturated heterocycles. The third-order valence-corrected chi connectivity index (χ3v) is 3.18. The molecule has 0 aliphatic rings. The first-order chi connectivity index (χ1) is 11.6. The lowest BCUT2D eigenvalue weighted by molar-refractivity contribution is 0.198. The van der Waals surface area contributed by atoms with Crippen LogP contribution in [0.25, 0.3) is 0 Å². The van der Waals surface area contributed by atoms with Crippen LogP contribution in [-0.4, -0.2) is 36.3 Å². The fraction of sp³-hybridized carbons (Fsp3) is 0.444. The van der Waals surface area contributed by atoms with E-state index in [1.807, 2.05) is 51.1 Å². The molecule has 0 radical (unpaired) electrons. The minimum atomic E-state index is 0.101. The number of benzene rings is 1. The number of nitrogens with zero attached hydrogens (tertiary/aromatic N) is 2. The molecule has 0 amide bonds. The van der Waals surface area contributed by atoms with Crippen LogP contribution in [0.1, 0.15) is 26.0 Å². The number of aromatic nitrogens is 2. The highest BCUT2D eigenvalue weighted by atomic mass is 16.5. The predicted octanol–water partition coefficient (Wildman–Crippen LogP) is 3.76. The van der Waals surface area contributed by atoms with Crippen molar-refractivity contribution in [3.63, 3.8) is 0 Å². The normalized spacial score (nSPS) is 10.7. The van der Waals surface area contributed by atoms with Gasteiger partial charge in [0.25, 0.3) is 0 Å². The fourth-order valence-electron chi connectivity index (χ4n) is 2.20. The van der Waals surface area contributed by atoms with E-state index in [1.165, 1.54) is 0 Å². The van der Waals surface area contributed by atoms with Gasteiger partial charge in [-0.1, -0.05) is 12.1 Å². The molecule has 6 heteroatoms. The highest BCUT2D eigenvalue weighted by Crippen LogP contribution is 2.27. The number of ether oxygens (including phenoxy) is 2. The van der Waals surface area contributed by atoms with Gasteiger partial charge in [-0.05, 0) is 39.3 Å². The van der Waals surface area contributed by atoms with Gasteiger partial charge in [0.05, 0.1) is 11.8 Å². The monoisotopic (exact) mass is 330 g/mol. The quantitative estimate of drug-likeness (QED) is 0.682. The van der Waals surface area contributed by atoms with E-state index >= 15 is 0 Å². The highest BCUT2D eigenvalue weighted by molar-refractivity contribution is 5.63. The maximum absolute atomic E-state index is 5.82. The molecule has 0 unspecified atom stereocenters. The van der Waals surface area contributed by atoms with Crippen molar-refractivity contribution < 1.29 is 9.47 Å². The van der Waals surface area contributed by atoms with Gasteiger partial charge in [0.1, 0.15) is 11.6 Å². The Bertz CT molecular complexity index is 647. The van der Waals surface area contributed by atoms with E-state index in [0.717, 1.165) is 42.5 Å². The molecule has 0 aliphatic carbocycles. The molecular formula is C18H26N4O2. The molecule has 2 N–H and O–H groups in total. The lowest BCUT2D eigenvalue weighted by Gasteiger charge is -2.15. The van der Waals surface area contributed by atoms with Crippen LogP contribution in [0.4, 0.5) is 17.5 Å². The van der Waals surface area contributed by atoms with Crippen LogP contribution < -0.4 is 15.4 Å². The summed E-state index contributed by atoms with van der Waals surface area (Å²) in [6.45, 7) is 7.48. The summed E-state index contributed by atoms with van der Waals surface area (Å²) in [6, 6.07) is 9.71. The van der Waals surface area contributed by atoms with Crippen molar-refractivity contribution in [1.29, 1.82) is 0 Å². The third-order valence-electron chi connectivity index (χ3n) is 3.18. The van der Waals surface area contributed by atoms with E-state index in [-0.39, 0.29) is 6.10 Å². The zero-order chi connectivity index (χ0) is 17.4. The molecule has 6 nitrogen and oxygen atoms in total. The summed E-state index contributed by atoms with van der Waals surface area (Å²) in [5.41, 5.74) is 1.74. The first-order valence-corrected chi connectivity index (χ1v) is 8.19. The average Bonchev–Trinajstić information content (AvgIpc) is 2.52. The molecule has 0 bridgehead atoms. The van der Waals surface area contributed by atoms with Gasteiger partial charge in [-0.3, -0.25) is 0 Å².